The Bertz CT molecular complexity index is 429. The summed E-state index contributed by atoms with van der Waals surface area (Å²) in [7, 11) is 1.94. The number of nitrogens with zero attached hydrogens (tertiary/aromatic N) is 2. The number of rotatable bonds is 3. The van der Waals surface area contributed by atoms with E-state index in [1.165, 1.54) is 5.56 Å². The van der Waals surface area contributed by atoms with Gasteiger partial charge in [0.15, 0.2) is 0 Å². The normalized spacial score (nSPS) is 12.7. The zero-order valence-electron chi connectivity index (χ0n) is 8.14. The molecule has 1 N–H and O–H groups in total. The Hall–Kier alpha value is -0.780. The summed E-state index contributed by atoms with van der Waals surface area (Å²) in [5.74, 6) is 0. The van der Waals surface area contributed by atoms with E-state index in [0.29, 0.717) is 0 Å². The highest BCUT2D eigenvalue weighted by molar-refractivity contribution is 9.10. The average molecular weight is 284 g/mol. The maximum absolute atomic E-state index is 3.89. The predicted molar refractivity (Wildman–Crippen MR) is 65.0 cm³/mol. The molecule has 0 bridgehead atoms. The van der Waals surface area contributed by atoms with Crippen LogP contribution < -0.4 is 5.32 Å². The van der Waals surface area contributed by atoms with E-state index in [9.17, 15) is 0 Å². The lowest BCUT2D eigenvalue weighted by molar-refractivity contribution is 0.685. The zero-order valence-corrected chi connectivity index (χ0v) is 10.5. The topological polar surface area (TPSA) is 37.8 Å². The van der Waals surface area contributed by atoms with E-state index in [-0.39, 0.29) is 6.04 Å². The monoisotopic (exact) mass is 283 g/mol. The van der Waals surface area contributed by atoms with Crippen LogP contribution in [-0.4, -0.2) is 17.2 Å². The van der Waals surface area contributed by atoms with Gasteiger partial charge in [0.1, 0.15) is 0 Å². The summed E-state index contributed by atoms with van der Waals surface area (Å²) < 4.78 is 1.13. The minimum atomic E-state index is 0.168. The molecule has 0 aliphatic rings. The Morgan fingerprint density at radius 1 is 1.40 bits per heavy atom. The number of hydrogen-bond acceptors (Lipinski definition) is 4. The maximum atomic E-state index is 3.89. The highest BCUT2D eigenvalue weighted by Gasteiger charge is 2.15. The second kappa shape index (κ2) is 4.83. The quantitative estimate of drug-likeness (QED) is 0.941. The summed E-state index contributed by atoms with van der Waals surface area (Å²) in [5.41, 5.74) is 2.35. The molecule has 2 heterocycles. The Morgan fingerprint density at radius 2 is 2.27 bits per heavy atom. The first kappa shape index (κ1) is 10.7. The first-order chi connectivity index (χ1) is 7.33. The maximum Gasteiger partial charge on any atom is 0.0610 e. The average Bonchev–Trinajstić information content (AvgIpc) is 2.68. The van der Waals surface area contributed by atoms with Crippen LogP contribution in [0.5, 0.6) is 0 Å². The second-order valence-electron chi connectivity index (χ2n) is 3.07. The van der Waals surface area contributed by atoms with Crippen molar-refractivity contribution >= 4 is 27.3 Å². The Balaban J connectivity index is 2.37. The molecule has 0 aliphatic carbocycles. The van der Waals surface area contributed by atoms with Gasteiger partial charge in [-0.3, -0.25) is 0 Å². The lowest BCUT2D eigenvalue weighted by atomic mass is 10.0. The molecule has 2 rings (SSSR count). The van der Waals surface area contributed by atoms with E-state index >= 15 is 0 Å². The molecule has 0 fully saturated rings. The third kappa shape index (κ3) is 2.25. The summed E-state index contributed by atoms with van der Waals surface area (Å²) in [6, 6.07) is 2.14. The smallest absolute Gasteiger partial charge is 0.0610 e. The summed E-state index contributed by atoms with van der Waals surface area (Å²) in [6.07, 6.45) is 3.49. The molecule has 2 aromatic rings. The molecular weight excluding hydrogens is 274 g/mol. The van der Waals surface area contributed by atoms with Gasteiger partial charge in [0.25, 0.3) is 0 Å². The van der Waals surface area contributed by atoms with Gasteiger partial charge in [-0.1, -0.05) is 0 Å². The van der Waals surface area contributed by atoms with Crippen LogP contribution in [0.15, 0.2) is 33.7 Å². The number of aromatic nitrogens is 2. The number of hydrogen-bond donors (Lipinski definition) is 1. The molecule has 0 aliphatic heterocycles. The van der Waals surface area contributed by atoms with Crippen molar-refractivity contribution in [2.45, 2.75) is 6.04 Å². The lowest BCUT2D eigenvalue weighted by Crippen LogP contribution is -2.17. The van der Waals surface area contributed by atoms with E-state index in [1.807, 2.05) is 13.1 Å². The highest BCUT2D eigenvalue weighted by Crippen LogP contribution is 2.30. The van der Waals surface area contributed by atoms with Crippen LogP contribution in [0.3, 0.4) is 0 Å². The lowest BCUT2D eigenvalue weighted by Gasteiger charge is -2.15. The molecule has 1 unspecified atom stereocenters. The first-order valence-electron chi connectivity index (χ1n) is 4.48. The second-order valence-corrected chi connectivity index (χ2v) is 4.67. The van der Waals surface area contributed by atoms with Crippen LogP contribution in [0.2, 0.25) is 0 Å². The van der Waals surface area contributed by atoms with E-state index in [2.05, 4.69) is 42.2 Å². The van der Waals surface area contributed by atoms with E-state index in [1.54, 1.807) is 23.7 Å². The minimum Gasteiger partial charge on any atom is -0.309 e. The van der Waals surface area contributed by atoms with E-state index in [4.69, 9.17) is 0 Å². The molecule has 2 aromatic heterocycles. The molecule has 0 amide bonds. The molecule has 3 nitrogen and oxygen atoms in total. The van der Waals surface area contributed by atoms with Crippen molar-refractivity contribution in [3.8, 4) is 0 Å². The van der Waals surface area contributed by atoms with Gasteiger partial charge in [0.05, 0.1) is 12.2 Å². The molecular formula is C10H10BrN3S. The van der Waals surface area contributed by atoms with Crippen molar-refractivity contribution in [3.05, 3.63) is 44.8 Å². The molecule has 0 radical (unpaired) electrons. The Morgan fingerprint density at radius 3 is 2.80 bits per heavy atom. The summed E-state index contributed by atoms with van der Waals surface area (Å²) in [4.78, 5) is 0. The molecule has 5 heteroatoms. The van der Waals surface area contributed by atoms with Gasteiger partial charge in [-0.2, -0.15) is 21.5 Å². The van der Waals surface area contributed by atoms with Crippen LogP contribution in [0.4, 0.5) is 0 Å². The Kier molecular flexibility index (Phi) is 3.45. The fraction of sp³-hybridized carbons (Fsp3) is 0.200. The van der Waals surface area contributed by atoms with Crippen LogP contribution >= 0.6 is 27.3 Å². The van der Waals surface area contributed by atoms with Crippen molar-refractivity contribution in [3.63, 3.8) is 0 Å². The molecule has 0 saturated carbocycles. The molecule has 15 heavy (non-hydrogen) atoms. The van der Waals surface area contributed by atoms with Crippen molar-refractivity contribution in [2.24, 2.45) is 0 Å². The van der Waals surface area contributed by atoms with Gasteiger partial charge in [0, 0.05) is 16.0 Å². The largest absolute Gasteiger partial charge is 0.309 e. The van der Waals surface area contributed by atoms with Crippen molar-refractivity contribution in [1.29, 1.82) is 0 Å². The number of nitrogens with one attached hydrogen (secondary N) is 1. The van der Waals surface area contributed by atoms with Crippen LogP contribution in [-0.2, 0) is 0 Å². The third-order valence-corrected chi connectivity index (χ3v) is 3.93. The van der Waals surface area contributed by atoms with Crippen molar-refractivity contribution in [1.82, 2.24) is 15.5 Å². The van der Waals surface area contributed by atoms with Gasteiger partial charge >= 0.3 is 0 Å². The van der Waals surface area contributed by atoms with E-state index in [0.717, 1.165) is 10.0 Å². The molecule has 78 valence electrons. The highest BCUT2D eigenvalue weighted by atomic mass is 79.9. The third-order valence-electron chi connectivity index (χ3n) is 2.18. The molecule has 0 saturated heterocycles. The van der Waals surface area contributed by atoms with Crippen molar-refractivity contribution < 1.29 is 0 Å². The molecule has 0 spiro atoms. The van der Waals surface area contributed by atoms with Gasteiger partial charge in [-0.15, -0.1) is 0 Å². The van der Waals surface area contributed by atoms with E-state index < -0.39 is 0 Å². The van der Waals surface area contributed by atoms with Gasteiger partial charge in [-0.05, 0) is 45.6 Å². The summed E-state index contributed by atoms with van der Waals surface area (Å²) >= 11 is 5.22. The summed E-state index contributed by atoms with van der Waals surface area (Å²) in [6.45, 7) is 0. The molecule has 0 aromatic carbocycles. The fourth-order valence-electron chi connectivity index (χ4n) is 1.47. The van der Waals surface area contributed by atoms with Crippen LogP contribution in [0.1, 0.15) is 17.2 Å². The fourth-order valence-corrected chi connectivity index (χ4v) is 3.02. The Labute approximate surface area is 101 Å². The SMILES string of the molecule is CNC(c1ccnnc1)c1cscc1Br. The van der Waals surface area contributed by atoms with Gasteiger partial charge < -0.3 is 5.32 Å². The number of halogens is 1. The predicted octanol–water partition coefficient (Wildman–Crippen LogP) is 2.61. The van der Waals surface area contributed by atoms with Gasteiger partial charge in [-0.25, -0.2) is 0 Å². The van der Waals surface area contributed by atoms with Crippen LogP contribution in [0.25, 0.3) is 0 Å². The number of thiophene rings is 1. The first-order valence-corrected chi connectivity index (χ1v) is 6.22. The van der Waals surface area contributed by atoms with Crippen molar-refractivity contribution in [2.75, 3.05) is 7.05 Å². The van der Waals surface area contributed by atoms with Gasteiger partial charge in [0.2, 0.25) is 0 Å². The zero-order chi connectivity index (χ0) is 10.7. The van der Waals surface area contributed by atoms with Crippen LogP contribution in [0, 0.1) is 0 Å². The molecule has 1 atom stereocenters. The minimum absolute atomic E-state index is 0.168. The summed E-state index contributed by atoms with van der Waals surface area (Å²) in [5, 5.41) is 15.1. The standard InChI is InChI=1S/C10H10BrN3S/c1-12-10(7-2-3-13-14-4-7)8-5-15-6-9(8)11/h2-6,10,12H,1H3.